The number of thioether (sulfide) groups is 1. The van der Waals surface area contributed by atoms with Crippen LogP contribution in [0.5, 0.6) is 0 Å². The van der Waals surface area contributed by atoms with Crippen molar-refractivity contribution in [2.75, 3.05) is 18.1 Å². The maximum absolute atomic E-state index is 11.9. The molecule has 1 N–H and O–H groups in total. The van der Waals surface area contributed by atoms with Crippen molar-refractivity contribution in [3.8, 4) is 0 Å². The number of amides is 1. The Balaban J connectivity index is 2.10. The Morgan fingerprint density at radius 2 is 1.96 bits per heavy atom. The molecule has 0 aliphatic heterocycles. The summed E-state index contributed by atoms with van der Waals surface area (Å²) in [6.07, 6.45) is 21.0. The summed E-state index contributed by atoms with van der Waals surface area (Å²) in [4.78, 5) is 11.9. The van der Waals surface area contributed by atoms with Crippen LogP contribution in [0.15, 0.2) is 36.0 Å². The molecule has 3 heteroatoms. The number of carbonyl (C=O) groups is 1. The molecule has 1 aliphatic carbocycles. The van der Waals surface area contributed by atoms with Crippen LogP contribution in [0.3, 0.4) is 0 Å². The second-order valence-corrected chi connectivity index (χ2v) is 7.55. The molecular formula is C21H35NOS. The molecule has 0 aromatic rings. The lowest BCUT2D eigenvalue weighted by atomic mass is 9.86. The van der Waals surface area contributed by atoms with Crippen molar-refractivity contribution in [1.29, 1.82) is 0 Å². The van der Waals surface area contributed by atoms with Crippen LogP contribution in [-0.4, -0.2) is 24.0 Å². The molecular weight excluding hydrogens is 314 g/mol. The van der Waals surface area contributed by atoms with Crippen LogP contribution in [0, 0.1) is 5.92 Å². The first-order valence-electron chi connectivity index (χ1n) is 9.59. The van der Waals surface area contributed by atoms with Gasteiger partial charge < -0.3 is 5.32 Å². The molecule has 0 radical (unpaired) electrons. The number of allylic oxidation sites excluding steroid dienone is 5. The van der Waals surface area contributed by atoms with Crippen molar-refractivity contribution in [2.24, 2.45) is 5.92 Å². The lowest BCUT2D eigenvalue weighted by Gasteiger charge is -2.21. The van der Waals surface area contributed by atoms with Crippen molar-refractivity contribution >= 4 is 17.7 Å². The van der Waals surface area contributed by atoms with Crippen molar-refractivity contribution < 1.29 is 4.79 Å². The van der Waals surface area contributed by atoms with Crippen molar-refractivity contribution in [3.05, 3.63) is 36.0 Å². The summed E-state index contributed by atoms with van der Waals surface area (Å²) in [6.45, 7) is 5.00. The largest absolute Gasteiger partial charge is 0.355 e. The topological polar surface area (TPSA) is 29.1 Å². The van der Waals surface area contributed by atoms with E-state index < -0.39 is 0 Å². The molecule has 2 nitrogen and oxygen atoms in total. The summed E-state index contributed by atoms with van der Waals surface area (Å²) in [7, 11) is 0. The number of hydrogen-bond donors (Lipinski definition) is 1. The van der Waals surface area contributed by atoms with Gasteiger partial charge in [0, 0.05) is 12.3 Å². The van der Waals surface area contributed by atoms with Gasteiger partial charge in [0.2, 0.25) is 5.91 Å². The zero-order valence-corrected chi connectivity index (χ0v) is 16.4. The van der Waals surface area contributed by atoms with E-state index in [9.17, 15) is 4.79 Å². The summed E-state index contributed by atoms with van der Waals surface area (Å²) >= 11 is 1.70. The van der Waals surface area contributed by atoms with Gasteiger partial charge in [-0.15, -0.1) is 11.8 Å². The van der Waals surface area contributed by atoms with Crippen LogP contribution in [0.4, 0.5) is 0 Å². The van der Waals surface area contributed by atoms with Gasteiger partial charge >= 0.3 is 0 Å². The van der Waals surface area contributed by atoms with E-state index in [2.05, 4.69) is 30.5 Å². The Morgan fingerprint density at radius 3 is 2.67 bits per heavy atom. The molecule has 1 fully saturated rings. The average molecular weight is 350 g/mol. The quantitative estimate of drug-likeness (QED) is 0.385. The fraction of sp³-hybridized carbons (Fsp3) is 0.667. The molecule has 0 saturated heterocycles. The Morgan fingerprint density at radius 1 is 1.17 bits per heavy atom. The van der Waals surface area contributed by atoms with Gasteiger partial charge in [0.25, 0.3) is 0 Å². The monoisotopic (exact) mass is 349 g/mol. The van der Waals surface area contributed by atoms with Crippen molar-refractivity contribution in [1.82, 2.24) is 5.32 Å². The highest BCUT2D eigenvalue weighted by Crippen LogP contribution is 2.26. The summed E-state index contributed by atoms with van der Waals surface area (Å²) in [5.74, 6) is 2.55. The van der Waals surface area contributed by atoms with Crippen LogP contribution in [0.1, 0.15) is 65.2 Å². The molecule has 0 spiro atoms. The average Bonchev–Trinajstić information content (AvgIpc) is 2.60. The van der Waals surface area contributed by atoms with Gasteiger partial charge in [-0.25, -0.2) is 0 Å². The third-order valence-electron chi connectivity index (χ3n) is 4.42. The van der Waals surface area contributed by atoms with E-state index in [0.717, 1.165) is 31.1 Å². The lowest BCUT2D eigenvalue weighted by Crippen LogP contribution is -2.26. The number of nitrogens with one attached hydrogen (secondary N) is 1. The van der Waals surface area contributed by atoms with E-state index in [1.165, 1.54) is 44.1 Å². The maximum atomic E-state index is 11.9. The van der Waals surface area contributed by atoms with E-state index in [1.807, 2.05) is 19.1 Å². The van der Waals surface area contributed by atoms with E-state index in [4.69, 9.17) is 0 Å². The van der Waals surface area contributed by atoms with Crippen LogP contribution in [-0.2, 0) is 4.79 Å². The van der Waals surface area contributed by atoms with Gasteiger partial charge in [0.05, 0.1) is 5.75 Å². The van der Waals surface area contributed by atoms with Gasteiger partial charge in [0.15, 0.2) is 0 Å². The minimum absolute atomic E-state index is 0.178. The molecule has 0 aromatic heterocycles. The lowest BCUT2D eigenvalue weighted by molar-refractivity contribution is -0.118. The highest BCUT2D eigenvalue weighted by atomic mass is 32.2. The van der Waals surface area contributed by atoms with Gasteiger partial charge in [-0.2, -0.15) is 0 Å². The molecule has 0 heterocycles. The summed E-state index contributed by atoms with van der Waals surface area (Å²) in [5.41, 5.74) is 1.30. The maximum Gasteiger partial charge on any atom is 0.230 e. The SMILES string of the molecule is C\C=C/C=C\C(=C\CC)CSCC(=O)NCCCC1CCCCC1. The van der Waals surface area contributed by atoms with E-state index >= 15 is 0 Å². The van der Waals surface area contributed by atoms with E-state index in [0.29, 0.717) is 5.75 Å². The van der Waals surface area contributed by atoms with Crippen LogP contribution < -0.4 is 5.32 Å². The first-order valence-corrected chi connectivity index (χ1v) is 10.7. The van der Waals surface area contributed by atoms with E-state index in [-0.39, 0.29) is 5.91 Å². The van der Waals surface area contributed by atoms with Crippen molar-refractivity contribution in [2.45, 2.75) is 65.2 Å². The van der Waals surface area contributed by atoms with Gasteiger partial charge in [-0.05, 0) is 37.7 Å². The highest BCUT2D eigenvalue weighted by Gasteiger charge is 2.12. The Kier molecular flexibility index (Phi) is 12.6. The predicted octanol–water partition coefficient (Wildman–Crippen LogP) is 5.67. The zero-order valence-electron chi connectivity index (χ0n) is 15.6. The third-order valence-corrected chi connectivity index (χ3v) is 5.42. The second kappa shape index (κ2) is 14.4. The number of carbonyl (C=O) groups excluding carboxylic acids is 1. The normalized spacial score (nSPS) is 17.0. The molecule has 1 aliphatic rings. The smallest absolute Gasteiger partial charge is 0.230 e. The van der Waals surface area contributed by atoms with E-state index in [1.54, 1.807) is 11.8 Å². The first-order chi connectivity index (χ1) is 11.8. The molecule has 24 heavy (non-hydrogen) atoms. The molecule has 0 aromatic carbocycles. The molecule has 0 atom stereocenters. The molecule has 0 bridgehead atoms. The zero-order chi connectivity index (χ0) is 17.5. The van der Waals surface area contributed by atoms with Crippen LogP contribution in [0.25, 0.3) is 0 Å². The van der Waals surface area contributed by atoms with Crippen molar-refractivity contribution in [3.63, 3.8) is 0 Å². The fourth-order valence-electron chi connectivity index (χ4n) is 3.13. The minimum Gasteiger partial charge on any atom is -0.355 e. The number of rotatable bonds is 11. The summed E-state index contributed by atoms with van der Waals surface area (Å²) in [5, 5.41) is 3.07. The van der Waals surface area contributed by atoms with Gasteiger partial charge in [-0.1, -0.05) is 69.4 Å². The standard InChI is InChI=1S/C21H35NOS/c1-3-5-7-14-20(11-4-2)17-24-18-21(23)22-16-10-15-19-12-8-6-9-13-19/h3,5,7,11,14,19H,4,6,8-10,12-13,15-18H2,1-2H3,(H,22,23)/b5-3-,14-7-,20-11-. The fourth-order valence-corrected chi connectivity index (χ4v) is 3.97. The highest BCUT2D eigenvalue weighted by molar-refractivity contribution is 8.00. The predicted molar refractivity (Wildman–Crippen MR) is 108 cm³/mol. The Labute approximate surface area is 153 Å². The van der Waals surface area contributed by atoms with Crippen LogP contribution in [0.2, 0.25) is 0 Å². The molecule has 1 amide bonds. The Hall–Kier alpha value is -0.960. The molecule has 1 saturated carbocycles. The molecule has 0 unspecified atom stereocenters. The van der Waals surface area contributed by atoms with Gasteiger partial charge in [-0.3, -0.25) is 4.79 Å². The minimum atomic E-state index is 0.178. The van der Waals surface area contributed by atoms with Crippen LogP contribution >= 0.6 is 11.8 Å². The first kappa shape index (κ1) is 21.1. The van der Waals surface area contributed by atoms with Gasteiger partial charge in [0.1, 0.15) is 0 Å². The molecule has 136 valence electrons. The third kappa shape index (κ3) is 10.7. The number of hydrogen-bond acceptors (Lipinski definition) is 2. The Bertz CT molecular complexity index is 420. The second-order valence-electron chi connectivity index (χ2n) is 6.56. The summed E-state index contributed by atoms with van der Waals surface area (Å²) in [6, 6.07) is 0. The molecule has 1 rings (SSSR count). The summed E-state index contributed by atoms with van der Waals surface area (Å²) < 4.78 is 0.